The van der Waals surface area contributed by atoms with Gasteiger partial charge in [0, 0.05) is 11.3 Å². The second kappa shape index (κ2) is 5.97. The molecule has 7 nitrogen and oxygen atoms in total. The molecule has 0 fully saturated rings. The van der Waals surface area contributed by atoms with Crippen molar-refractivity contribution in [2.45, 2.75) is 18.9 Å². The molecule has 3 N–H and O–H groups in total. The zero-order valence-electron chi connectivity index (χ0n) is 15.6. The van der Waals surface area contributed by atoms with Gasteiger partial charge in [0.25, 0.3) is 0 Å². The average Bonchev–Trinajstić information content (AvgIpc) is 3.21. The summed E-state index contributed by atoms with van der Waals surface area (Å²) >= 11 is 0. The molecule has 0 bridgehead atoms. The number of fused-ring (bicyclic) bond motifs is 4. The van der Waals surface area contributed by atoms with E-state index >= 15 is 0 Å². The van der Waals surface area contributed by atoms with Crippen molar-refractivity contribution in [1.82, 2.24) is 5.16 Å². The molecule has 0 unspecified atom stereocenters. The molecule has 3 heterocycles. The van der Waals surface area contributed by atoms with E-state index in [1.165, 1.54) is 0 Å². The standard InChI is InChI=1S/C22H17N5O2/c1-13-18-20(29-26-13)25-19(24)16(11-23)22(18)15-9-5-6-10-17(15)27(21(22)28)12-14-7-3-2-4-8-14/h2-10,25H,12,24H2,1H3/t22-/m0/s1. The van der Waals surface area contributed by atoms with E-state index in [9.17, 15) is 10.1 Å². The first kappa shape index (κ1) is 17.1. The van der Waals surface area contributed by atoms with E-state index in [2.05, 4.69) is 16.5 Å². The van der Waals surface area contributed by atoms with Crippen molar-refractivity contribution < 1.29 is 9.32 Å². The van der Waals surface area contributed by atoms with Crippen LogP contribution in [0.4, 0.5) is 11.6 Å². The van der Waals surface area contributed by atoms with Crippen molar-refractivity contribution in [3.05, 3.63) is 88.4 Å². The number of amides is 1. The number of hydrogen-bond donors (Lipinski definition) is 2. The molecule has 5 rings (SSSR count). The van der Waals surface area contributed by atoms with Crippen LogP contribution < -0.4 is 16.0 Å². The number of carbonyl (C=O) groups is 1. The summed E-state index contributed by atoms with van der Waals surface area (Å²) in [5, 5.41) is 16.9. The van der Waals surface area contributed by atoms with Crippen LogP contribution in [0.2, 0.25) is 0 Å². The van der Waals surface area contributed by atoms with E-state index < -0.39 is 5.41 Å². The highest BCUT2D eigenvalue weighted by Crippen LogP contribution is 2.55. The predicted molar refractivity (Wildman–Crippen MR) is 107 cm³/mol. The van der Waals surface area contributed by atoms with Gasteiger partial charge in [-0.2, -0.15) is 5.26 Å². The second-order valence-corrected chi connectivity index (χ2v) is 7.14. The number of rotatable bonds is 2. The third kappa shape index (κ3) is 2.11. The van der Waals surface area contributed by atoms with Gasteiger partial charge in [-0.1, -0.05) is 53.7 Å². The Morgan fingerprint density at radius 1 is 1.21 bits per heavy atom. The lowest BCUT2D eigenvalue weighted by molar-refractivity contribution is -0.120. The van der Waals surface area contributed by atoms with Crippen LogP contribution >= 0.6 is 0 Å². The minimum Gasteiger partial charge on any atom is -0.384 e. The number of nitriles is 1. The Morgan fingerprint density at radius 2 is 1.93 bits per heavy atom. The third-order valence-electron chi connectivity index (χ3n) is 5.59. The normalized spacial score (nSPS) is 19.7. The zero-order valence-corrected chi connectivity index (χ0v) is 15.6. The molecule has 2 aliphatic rings. The van der Waals surface area contributed by atoms with Crippen molar-refractivity contribution in [1.29, 1.82) is 5.26 Å². The van der Waals surface area contributed by atoms with E-state index in [0.29, 0.717) is 29.2 Å². The Labute approximate surface area is 167 Å². The lowest BCUT2D eigenvalue weighted by Gasteiger charge is -2.32. The first-order valence-electron chi connectivity index (χ1n) is 9.18. The van der Waals surface area contributed by atoms with Gasteiger partial charge in [-0.3, -0.25) is 4.79 Å². The van der Waals surface area contributed by atoms with Gasteiger partial charge in [0.05, 0.1) is 23.4 Å². The minimum atomic E-state index is -1.38. The summed E-state index contributed by atoms with van der Waals surface area (Å²) in [6.07, 6.45) is 0. The van der Waals surface area contributed by atoms with Crippen LogP contribution in [0.1, 0.15) is 22.4 Å². The first-order valence-corrected chi connectivity index (χ1v) is 9.18. The van der Waals surface area contributed by atoms with E-state index in [4.69, 9.17) is 10.3 Å². The van der Waals surface area contributed by atoms with Crippen LogP contribution in [0.5, 0.6) is 0 Å². The van der Waals surface area contributed by atoms with Crippen LogP contribution in [0.25, 0.3) is 0 Å². The molecule has 1 amide bonds. The molecule has 7 heteroatoms. The van der Waals surface area contributed by atoms with Crippen molar-refractivity contribution in [3.8, 4) is 6.07 Å². The molecule has 0 aliphatic carbocycles. The third-order valence-corrected chi connectivity index (χ3v) is 5.59. The molecule has 0 radical (unpaired) electrons. The summed E-state index contributed by atoms with van der Waals surface area (Å²) in [6, 6.07) is 19.4. The van der Waals surface area contributed by atoms with Gasteiger partial charge in [0.1, 0.15) is 17.3 Å². The molecule has 3 aromatic rings. The van der Waals surface area contributed by atoms with E-state index in [1.54, 1.807) is 11.8 Å². The number of nitrogens with zero attached hydrogens (tertiary/aromatic N) is 3. The number of aromatic nitrogens is 1. The van der Waals surface area contributed by atoms with E-state index in [0.717, 1.165) is 11.3 Å². The lowest BCUT2D eigenvalue weighted by Crippen LogP contribution is -2.46. The molecule has 2 aliphatic heterocycles. The number of hydrogen-bond acceptors (Lipinski definition) is 6. The van der Waals surface area contributed by atoms with Crippen LogP contribution in [0.15, 0.2) is 70.5 Å². The predicted octanol–water partition coefficient (Wildman–Crippen LogP) is 2.94. The summed E-state index contributed by atoms with van der Waals surface area (Å²) < 4.78 is 5.40. The molecule has 0 saturated carbocycles. The summed E-state index contributed by atoms with van der Waals surface area (Å²) in [5.74, 6) is 0.153. The molecule has 2 aromatic carbocycles. The number of nitrogens with two attached hydrogens (primary N) is 1. The number of benzene rings is 2. The SMILES string of the molecule is Cc1noc2c1[C@@]1(C(=O)N(Cc3ccccc3)c3ccccc31)C(C#N)=C(N)N2. The van der Waals surface area contributed by atoms with Crippen molar-refractivity contribution in [3.63, 3.8) is 0 Å². The van der Waals surface area contributed by atoms with Crippen molar-refractivity contribution in [2.75, 3.05) is 10.2 Å². The smallest absolute Gasteiger partial charge is 0.248 e. The summed E-state index contributed by atoms with van der Waals surface area (Å²) in [7, 11) is 0. The highest BCUT2D eigenvalue weighted by molar-refractivity contribution is 6.14. The van der Waals surface area contributed by atoms with Crippen molar-refractivity contribution in [2.24, 2.45) is 5.73 Å². The van der Waals surface area contributed by atoms with Crippen LogP contribution in [-0.2, 0) is 16.8 Å². The molecule has 1 aromatic heterocycles. The summed E-state index contributed by atoms with van der Waals surface area (Å²) in [6.45, 7) is 2.14. The van der Waals surface area contributed by atoms with Crippen LogP contribution in [0, 0.1) is 18.3 Å². The largest absolute Gasteiger partial charge is 0.384 e. The van der Waals surface area contributed by atoms with Gasteiger partial charge < -0.3 is 20.5 Å². The number of aryl methyl sites for hydroxylation is 1. The van der Waals surface area contributed by atoms with Gasteiger partial charge in [-0.05, 0) is 18.6 Å². The number of nitrogens with one attached hydrogen (secondary N) is 1. The number of para-hydroxylation sites is 1. The Kier molecular flexibility index (Phi) is 3.52. The lowest BCUT2D eigenvalue weighted by atomic mass is 9.68. The molecule has 142 valence electrons. The molecule has 1 spiro atoms. The molecular formula is C22H17N5O2. The Hall–Kier alpha value is -4.05. The monoisotopic (exact) mass is 383 g/mol. The summed E-state index contributed by atoms with van der Waals surface area (Å²) in [4.78, 5) is 15.8. The Balaban J connectivity index is 1.80. The fourth-order valence-corrected chi connectivity index (χ4v) is 4.41. The topological polar surface area (TPSA) is 108 Å². The van der Waals surface area contributed by atoms with Gasteiger partial charge >= 0.3 is 0 Å². The zero-order chi connectivity index (χ0) is 20.2. The molecular weight excluding hydrogens is 366 g/mol. The fourth-order valence-electron chi connectivity index (χ4n) is 4.41. The maximum atomic E-state index is 14.1. The Bertz CT molecular complexity index is 1220. The maximum absolute atomic E-state index is 14.1. The number of carbonyl (C=O) groups excluding carboxylic acids is 1. The van der Waals surface area contributed by atoms with Gasteiger partial charge in [0.2, 0.25) is 11.8 Å². The average molecular weight is 383 g/mol. The van der Waals surface area contributed by atoms with E-state index in [-0.39, 0.29) is 17.3 Å². The minimum absolute atomic E-state index is 0.0980. The van der Waals surface area contributed by atoms with Gasteiger partial charge in [0.15, 0.2) is 0 Å². The second-order valence-electron chi connectivity index (χ2n) is 7.14. The first-order chi connectivity index (χ1) is 14.1. The molecule has 29 heavy (non-hydrogen) atoms. The van der Waals surface area contributed by atoms with E-state index in [1.807, 2.05) is 54.6 Å². The van der Waals surface area contributed by atoms with Crippen molar-refractivity contribution >= 4 is 17.5 Å². The number of anilines is 2. The van der Waals surface area contributed by atoms with Crippen LogP contribution in [0.3, 0.4) is 0 Å². The summed E-state index contributed by atoms with van der Waals surface area (Å²) in [5.41, 5.74) is 8.46. The highest BCUT2D eigenvalue weighted by Gasteiger charge is 2.60. The Morgan fingerprint density at radius 3 is 2.69 bits per heavy atom. The maximum Gasteiger partial charge on any atom is 0.248 e. The van der Waals surface area contributed by atoms with Gasteiger partial charge in [-0.15, -0.1) is 0 Å². The quantitative estimate of drug-likeness (QED) is 0.704. The van der Waals surface area contributed by atoms with Gasteiger partial charge in [-0.25, -0.2) is 0 Å². The molecule has 1 atom stereocenters. The fraction of sp³-hybridized carbons (Fsp3) is 0.136. The highest BCUT2D eigenvalue weighted by atomic mass is 16.5. The van der Waals surface area contributed by atoms with Crippen LogP contribution in [-0.4, -0.2) is 11.1 Å². The molecule has 0 saturated heterocycles.